The van der Waals surface area contributed by atoms with Crippen molar-refractivity contribution in [3.8, 4) is 5.75 Å². The molecule has 230 valence electrons. The number of hydrogen-bond donors (Lipinski definition) is 3. The van der Waals surface area contributed by atoms with Gasteiger partial charge in [-0.1, -0.05) is 53.4 Å². The predicted molar refractivity (Wildman–Crippen MR) is 159 cm³/mol. The number of hydrogen-bond acceptors (Lipinski definition) is 9. The van der Waals surface area contributed by atoms with E-state index in [1.54, 1.807) is 30.3 Å². The lowest BCUT2D eigenvalue weighted by molar-refractivity contribution is -0.151. The average molecular weight is 670 g/mol. The van der Waals surface area contributed by atoms with Crippen LogP contribution < -0.4 is 20.9 Å². The molecule has 1 saturated carbocycles. The zero-order valence-electron chi connectivity index (χ0n) is 23.4. The number of aromatic nitrogens is 2. The third-order valence-corrected chi connectivity index (χ3v) is 9.08. The third kappa shape index (κ3) is 8.98. The van der Waals surface area contributed by atoms with E-state index in [-0.39, 0.29) is 30.4 Å². The van der Waals surface area contributed by atoms with E-state index in [0.29, 0.717) is 0 Å². The van der Waals surface area contributed by atoms with Gasteiger partial charge in [0.05, 0.1) is 18.3 Å². The summed E-state index contributed by atoms with van der Waals surface area (Å²) in [6.45, 7) is 1.14. The maximum atomic E-state index is 13.9. The van der Waals surface area contributed by atoms with Crippen LogP contribution in [0, 0.1) is 0 Å². The van der Waals surface area contributed by atoms with Gasteiger partial charge in [-0.2, -0.15) is 5.09 Å². The molecule has 42 heavy (non-hydrogen) atoms. The number of aliphatic hydroxyl groups is 1. The van der Waals surface area contributed by atoms with E-state index >= 15 is 0 Å². The first-order valence-corrected chi connectivity index (χ1v) is 16.6. The molecule has 1 aromatic heterocycles. The van der Waals surface area contributed by atoms with Gasteiger partial charge in [0, 0.05) is 12.6 Å². The monoisotopic (exact) mass is 669 g/mol. The summed E-state index contributed by atoms with van der Waals surface area (Å²) >= 11 is 3.10. The van der Waals surface area contributed by atoms with Gasteiger partial charge in [-0.15, -0.1) is 0 Å². The number of H-pyrrole nitrogens is 1. The molecule has 2 fully saturated rings. The second-order valence-corrected chi connectivity index (χ2v) is 12.7. The first-order chi connectivity index (χ1) is 20.2. The normalized spacial score (nSPS) is 24.0. The molecule has 3 N–H and O–H groups in total. The number of nitrogens with zero attached hydrogens (tertiary/aromatic N) is 1. The SMILES string of the molecule is C[C@H](NP(=O)(OCC1OC(n2cc(C=CBr)c(=O)[nH]c2=O)CC1O)Oc1ccccc1)C(=O)OC1CCCCCCC1. The lowest BCUT2D eigenvalue weighted by Crippen LogP contribution is -2.38. The molecule has 1 aromatic carbocycles. The number of esters is 1. The molecule has 5 atom stereocenters. The van der Waals surface area contributed by atoms with Crippen molar-refractivity contribution in [2.24, 2.45) is 0 Å². The van der Waals surface area contributed by atoms with Crippen LogP contribution in [0.1, 0.15) is 70.1 Å². The summed E-state index contributed by atoms with van der Waals surface area (Å²) in [5.74, 6) is -0.323. The van der Waals surface area contributed by atoms with Crippen molar-refractivity contribution in [3.63, 3.8) is 0 Å². The van der Waals surface area contributed by atoms with Gasteiger partial charge in [-0.3, -0.25) is 23.7 Å². The third-order valence-electron chi connectivity index (χ3n) is 7.17. The van der Waals surface area contributed by atoms with E-state index in [0.717, 1.165) is 38.5 Å². The van der Waals surface area contributed by atoms with Crippen LogP contribution in [-0.2, 0) is 23.4 Å². The molecule has 2 heterocycles. The van der Waals surface area contributed by atoms with Crippen LogP contribution in [0.3, 0.4) is 0 Å². The molecule has 2 aromatic rings. The number of benzene rings is 1. The average Bonchev–Trinajstić information content (AvgIpc) is 3.31. The van der Waals surface area contributed by atoms with Crippen molar-refractivity contribution in [3.05, 3.63) is 67.9 Å². The predicted octanol–water partition coefficient (Wildman–Crippen LogP) is 4.39. The summed E-state index contributed by atoms with van der Waals surface area (Å²) < 4.78 is 38.1. The lowest BCUT2D eigenvalue weighted by atomic mass is 9.98. The zero-order valence-corrected chi connectivity index (χ0v) is 25.8. The van der Waals surface area contributed by atoms with E-state index in [1.165, 1.54) is 35.2 Å². The highest BCUT2D eigenvalue weighted by Crippen LogP contribution is 2.46. The number of aliphatic hydroxyl groups excluding tert-OH is 1. The summed E-state index contributed by atoms with van der Waals surface area (Å²) in [6, 6.07) is 7.32. The topological polar surface area (TPSA) is 158 Å². The lowest BCUT2D eigenvalue weighted by Gasteiger charge is -2.26. The highest BCUT2D eigenvalue weighted by atomic mass is 79.9. The van der Waals surface area contributed by atoms with Gasteiger partial charge in [0.15, 0.2) is 0 Å². The first-order valence-electron chi connectivity index (χ1n) is 14.1. The maximum absolute atomic E-state index is 13.9. The molecule has 14 heteroatoms. The van der Waals surface area contributed by atoms with Crippen LogP contribution in [0.5, 0.6) is 5.75 Å². The number of ether oxygens (including phenoxy) is 2. The Morgan fingerprint density at radius 1 is 1.21 bits per heavy atom. The molecule has 4 rings (SSSR count). The Morgan fingerprint density at radius 3 is 2.60 bits per heavy atom. The van der Waals surface area contributed by atoms with Gasteiger partial charge in [-0.25, -0.2) is 9.36 Å². The maximum Gasteiger partial charge on any atom is 0.459 e. The molecule has 1 saturated heterocycles. The van der Waals surface area contributed by atoms with Crippen LogP contribution in [-0.4, -0.2) is 51.6 Å². The molecule has 1 aliphatic carbocycles. The van der Waals surface area contributed by atoms with Crippen molar-refractivity contribution in [2.45, 2.75) is 88.9 Å². The second kappa shape index (κ2) is 15.3. The Bertz CT molecular complexity index is 1370. The fourth-order valence-electron chi connectivity index (χ4n) is 4.91. The standard InChI is InChI=1S/C28H37BrN3O9P/c1-19(27(35)39-21-10-6-3-2-4-7-11-21)31-42(37,41-22-12-8-5-9-13-22)38-18-24-23(33)16-25(40-24)32-17-20(14-15-29)26(34)30-28(32)36/h5,8-9,12-15,17,19,21,23-25,33H,2-4,6-7,10-11,16,18H2,1H3,(H,31,37)(H,30,34,36)/t19-,23?,24?,25?,42?/m0/s1. The fraction of sp³-hybridized carbons (Fsp3) is 0.536. The number of para-hydroxylation sites is 1. The Kier molecular flexibility index (Phi) is 11.8. The van der Waals surface area contributed by atoms with Gasteiger partial charge in [0.2, 0.25) is 0 Å². The van der Waals surface area contributed by atoms with Crippen molar-refractivity contribution in [1.29, 1.82) is 0 Å². The van der Waals surface area contributed by atoms with Crippen LogP contribution in [0.15, 0.2) is 51.1 Å². The molecule has 12 nitrogen and oxygen atoms in total. The minimum Gasteiger partial charge on any atom is -0.461 e. The summed E-state index contributed by atoms with van der Waals surface area (Å²) in [5, 5.41) is 13.4. The number of halogens is 1. The summed E-state index contributed by atoms with van der Waals surface area (Å²) in [5.41, 5.74) is -1.07. The van der Waals surface area contributed by atoms with Crippen LogP contribution in [0.4, 0.5) is 0 Å². The van der Waals surface area contributed by atoms with Crippen molar-refractivity contribution in [1.82, 2.24) is 14.6 Å². The number of nitrogens with one attached hydrogen (secondary N) is 2. The van der Waals surface area contributed by atoms with Crippen LogP contribution in [0.25, 0.3) is 6.08 Å². The molecule has 0 spiro atoms. The first kappa shape index (κ1) is 32.4. The Morgan fingerprint density at radius 2 is 1.90 bits per heavy atom. The fourth-order valence-corrected chi connectivity index (χ4v) is 6.70. The molecule has 2 aliphatic rings. The summed E-state index contributed by atoms with van der Waals surface area (Å²) in [6.07, 6.45) is 6.58. The minimum absolute atomic E-state index is 0.0127. The smallest absolute Gasteiger partial charge is 0.459 e. The van der Waals surface area contributed by atoms with Gasteiger partial charge < -0.3 is 19.1 Å². The zero-order chi connectivity index (χ0) is 30.1. The van der Waals surface area contributed by atoms with Crippen molar-refractivity contribution < 1.29 is 33.0 Å². The molecule has 0 amide bonds. The van der Waals surface area contributed by atoms with E-state index in [4.69, 9.17) is 18.5 Å². The molecular weight excluding hydrogens is 633 g/mol. The Balaban J connectivity index is 1.44. The minimum atomic E-state index is -4.20. The second-order valence-electron chi connectivity index (χ2n) is 10.4. The number of carbonyl (C=O) groups excluding carboxylic acids is 1. The Hall–Kier alpha value is -2.54. The summed E-state index contributed by atoms with van der Waals surface area (Å²) in [4.78, 5) is 41.1. The van der Waals surface area contributed by atoms with Gasteiger partial charge in [-0.05, 0) is 55.8 Å². The van der Waals surface area contributed by atoms with Crippen molar-refractivity contribution >= 4 is 35.7 Å². The van der Waals surface area contributed by atoms with E-state index in [9.17, 15) is 24.1 Å². The van der Waals surface area contributed by atoms with Crippen molar-refractivity contribution in [2.75, 3.05) is 6.61 Å². The highest BCUT2D eigenvalue weighted by molar-refractivity contribution is 9.11. The molecule has 0 radical (unpaired) electrons. The number of carbonyl (C=O) groups is 1. The Labute approximate surface area is 252 Å². The van der Waals surface area contributed by atoms with Crippen LogP contribution >= 0.6 is 23.7 Å². The van der Waals surface area contributed by atoms with E-state index in [2.05, 4.69) is 26.0 Å². The number of rotatable bonds is 11. The van der Waals surface area contributed by atoms with Gasteiger partial charge in [0.25, 0.3) is 5.56 Å². The molecular formula is C28H37BrN3O9P. The quantitative estimate of drug-likeness (QED) is 0.231. The number of aromatic amines is 1. The van der Waals surface area contributed by atoms with E-state index in [1.807, 2.05) is 0 Å². The molecule has 1 aliphatic heterocycles. The van der Waals surface area contributed by atoms with E-state index < -0.39 is 49.4 Å². The largest absolute Gasteiger partial charge is 0.461 e. The van der Waals surface area contributed by atoms with Gasteiger partial charge >= 0.3 is 19.4 Å². The molecule has 0 bridgehead atoms. The van der Waals surface area contributed by atoms with Gasteiger partial charge in [0.1, 0.15) is 30.2 Å². The van der Waals surface area contributed by atoms with Crippen LogP contribution in [0.2, 0.25) is 0 Å². The summed E-state index contributed by atoms with van der Waals surface area (Å²) in [7, 11) is -4.20. The highest BCUT2D eigenvalue weighted by Gasteiger charge is 2.40. The molecule has 4 unspecified atom stereocenters.